The lowest BCUT2D eigenvalue weighted by Gasteiger charge is -2.32. The predicted octanol–water partition coefficient (Wildman–Crippen LogP) is 18.1. The van der Waals surface area contributed by atoms with Crippen molar-refractivity contribution in [1.29, 1.82) is 15.8 Å². The number of H-pyrrole nitrogens is 1. The second-order valence-corrected chi connectivity index (χ2v) is 40.4. The number of hydrogen-bond acceptors (Lipinski definition) is 23. The van der Waals surface area contributed by atoms with Gasteiger partial charge in [-0.2, -0.15) is 15.8 Å². The Bertz CT molecular complexity index is 6940. The molecule has 30 heteroatoms. The van der Waals surface area contributed by atoms with Crippen LogP contribution >= 0.6 is 22.6 Å². The molecule has 8 aromatic carbocycles. The number of nitrogens with one attached hydrogen (secondary N) is 3. The molecule has 0 spiro atoms. The van der Waals surface area contributed by atoms with Gasteiger partial charge in [0, 0.05) is 161 Å². The number of hydrogen-bond donors (Lipinski definition) is 3. The number of aromatic amines is 1. The monoisotopic (exact) mass is 1970 g/mol. The number of ether oxygens (including phenoxy) is 6. The second-order valence-electron chi connectivity index (χ2n) is 35.7. The summed E-state index contributed by atoms with van der Waals surface area (Å²) < 4.78 is 105. The zero-order chi connectivity index (χ0) is 93.9. The lowest BCUT2D eigenvalue weighted by molar-refractivity contribution is 0.00578. The predicted molar refractivity (Wildman–Crippen MR) is 539 cm³/mol. The van der Waals surface area contributed by atoms with Crippen LogP contribution in [0.15, 0.2) is 253 Å². The molecule has 0 unspecified atom stereocenters. The number of piperazine rings is 2. The van der Waals surface area contributed by atoms with Crippen molar-refractivity contribution in [2.24, 2.45) is 0 Å². The van der Waals surface area contributed by atoms with Crippen LogP contribution in [0.3, 0.4) is 0 Å². The molecule has 0 atom stereocenters. The molecule has 0 aliphatic carbocycles. The molecule has 0 amide bonds. The highest BCUT2D eigenvalue weighted by Crippen LogP contribution is 2.43. The third-order valence-electron chi connectivity index (χ3n) is 26.4. The largest absolute Gasteiger partial charge is 0.494 e. The summed E-state index contributed by atoms with van der Waals surface area (Å²) in [6.07, 6.45) is 13.9. The molecule has 13 heterocycles. The topological polar surface area (TPSA) is 312 Å². The average molecular weight is 1970 g/mol. The van der Waals surface area contributed by atoms with E-state index in [-0.39, 0.29) is 46.4 Å². The van der Waals surface area contributed by atoms with Crippen molar-refractivity contribution in [3.05, 3.63) is 263 Å². The number of nitrogens with zero attached hydrogens (tertiary/aromatic N) is 11. The minimum atomic E-state index is -4.01. The van der Waals surface area contributed by atoms with Gasteiger partial charge in [0.1, 0.15) is 59.4 Å². The summed E-state index contributed by atoms with van der Waals surface area (Å²) in [5.41, 5.74) is 15.6. The van der Waals surface area contributed by atoms with E-state index in [0.717, 1.165) is 163 Å². The maximum atomic E-state index is 14.2. The van der Waals surface area contributed by atoms with Crippen LogP contribution in [0.1, 0.15) is 102 Å². The van der Waals surface area contributed by atoms with Gasteiger partial charge in [-0.15, -0.1) is 0 Å². The molecule has 136 heavy (non-hydrogen) atoms. The van der Waals surface area contributed by atoms with E-state index in [1.165, 1.54) is 51.7 Å². The van der Waals surface area contributed by atoms with Crippen molar-refractivity contribution in [3.8, 4) is 91.4 Å². The lowest BCUT2D eigenvalue weighted by atomic mass is 9.79. The smallest absolute Gasteiger partial charge is 0.489 e. The van der Waals surface area contributed by atoms with Crippen molar-refractivity contribution in [1.82, 2.24) is 38.5 Å². The summed E-state index contributed by atoms with van der Waals surface area (Å²) in [5, 5.41) is 38.8. The molecule has 7 aliphatic heterocycles. The maximum absolute atomic E-state index is 14.2. The van der Waals surface area contributed by atoms with E-state index in [4.69, 9.17) is 37.7 Å². The molecule has 696 valence electrons. The fraction of sp³-hybridized carbons (Fsp3) is 0.321. The van der Waals surface area contributed by atoms with E-state index in [2.05, 4.69) is 146 Å². The molecule has 14 aromatic rings. The van der Waals surface area contributed by atoms with Crippen molar-refractivity contribution in [3.63, 3.8) is 0 Å². The third-order valence-corrected chi connectivity index (χ3v) is 31.0. The molecule has 0 radical (unpaired) electrons. The van der Waals surface area contributed by atoms with Gasteiger partial charge in [-0.05, 0) is 253 Å². The molecular formula is C106H108BIN14O12S2. The Morgan fingerprint density at radius 1 is 0.412 bits per heavy atom. The molecule has 3 N–H and O–H groups in total. The van der Waals surface area contributed by atoms with Gasteiger partial charge in [-0.1, -0.05) is 91.0 Å². The first kappa shape index (κ1) is 93.9. The molecule has 7 saturated heterocycles. The van der Waals surface area contributed by atoms with E-state index in [0.29, 0.717) is 105 Å². The van der Waals surface area contributed by atoms with E-state index >= 15 is 0 Å². The quantitative estimate of drug-likeness (QED) is 0.0500. The van der Waals surface area contributed by atoms with Crippen LogP contribution in [0.5, 0.6) is 17.2 Å². The Hall–Kier alpha value is -12.5. The number of rotatable bonds is 19. The van der Waals surface area contributed by atoms with Gasteiger partial charge in [-0.3, -0.25) is 0 Å². The van der Waals surface area contributed by atoms with Crippen LogP contribution in [0, 0.1) is 37.7 Å². The van der Waals surface area contributed by atoms with E-state index in [1.54, 1.807) is 97.3 Å². The van der Waals surface area contributed by atoms with E-state index in [1.807, 2.05) is 114 Å². The molecular weight excluding hydrogens is 1860 g/mol. The number of aromatic nitrogens is 6. The average Bonchev–Trinajstić information content (AvgIpc) is 1.58. The van der Waals surface area contributed by atoms with Crippen LogP contribution in [-0.4, -0.2) is 186 Å². The SMILES string of the molecule is CC1(C)OB(c2ccc(N3CCCCC3)cc2)OC1(C)C.N#Cc1cc(-c2ccnc3[nH]c(-c4ccc(N5CCNCC5)cc4)cc23)ccc1OC1CCOCC1.N#Cc1cc(-c2ccnc3c2cc(-c2ccc(N4CCNCC4)cc2)n3S(=O)(=O)c2ccccc2)ccc1OC1CCOCC1.N#Cc1cc(-c2ccnc3c2cc(I)n3S(=O)(=O)c2ccccc2)ccc1OC1CCOCC1. The number of pyridine rings is 3. The maximum Gasteiger partial charge on any atom is 0.494 e. The fourth-order valence-corrected chi connectivity index (χ4v) is 22.4. The van der Waals surface area contributed by atoms with E-state index in [9.17, 15) is 32.6 Å². The first-order valence-electron chi connectivity index (χ1n) is 46.6. The van der Waals surface area contributed by atoms with Gasteiger partial charge in [-0.25, -0.2) is 39.7 Å². The first-order chi connectivity index (χ1) is 66.2. The number of anilines is 3. The number of piperidine rings is 1. The minimum Gasteiger partial charge on any atom is -0.489 e. The lowest BCUT2D eigenvalue weighted by Crippen LogP contribution is -2.43. The number of nitriles is 3. The van der Waals surface area contributed by atoms with Gasteiger partial charge in [0.2, 0.25) is 0 Å². The third kappa shape index (κ3) is 20.8. The Balaban J connectivity index is 0.000000124. The normalized spacial score (nSPS) is 17.2. The zero-order valence-electron chi connectivity index (χ0n) is 76.6. The Morgan fingerprint density at radius 2 is 0.787 bits per heavy atom. The summed E-state index contributed by atoms with van der Waals surface area (Å²) >= 11 is 2.01. The summed E-state index contributed by atoms with van der Waals surface area (Å²) in [7, 11) is -8.10. The Kier molecular flexibility index (Phi) is 29.0. The molecule has 6 aromatic heterocycles. The van der Waals surface area contributed by atoms with Crippen LogP contribution in [-0.2, 0) is 43.6 Å². The van der Waals surface area contributed by atoms with Crippen molar-refractivity contribution >= 4 is 105 Å². The van der Waals surface area contributed by atoms with Crippen molar-refractivity contribution in [2.45, 2.75) is 125 Å². The molecule has 21 rings (SSSR count). The van der Waals surface area contributed by atoms with Gasteiger partial charge in [0.25, 0.3) is 20.0 Å². The van der Waals surface area contributed by atoms with Crippen LogP contribution in [0.25, 0.3) is 89.0 Å². The number of halogens is 1. The van der Waals surface area contributed by atoms with E-state index < -0.39 is 20.0 Å². The molecule has 0 bridgehead atoms. The zero-order valence-corrected chi connectivity index (χ0v) is 80.4. The minimum absolute atomic E-state index is 0.00193. The Labute approximate surface area is 807 Å². The van der Waals surface area contributed by atoms with Crippen molar-refractivity contribution < 1.29 is 54.6 Å². The highest BCUT2D eigenvalue weighted by molar-refractivity contribution is 14.1. The summed E-state index contributed by atoms with van der Waals surface area (Å²) in [6, 6.07) is 77.4. The van der Waals surface area contributed by atoms with Crippen LogP contribution in [0.2, 0.25) is 0 Å². The van der Waals surface area contributed by atoms with Gasteiger partial charge >= 0.3 is 7.12 Å². The molecule has 7 aliphatic rings. The second kappa shape index (κ2) is 42.0. The Morgan fingerprint density at radius 3 is 1.22 bits per heavy atom. The highest BCUT2D eigenvalue weighted by Gasteiger charge is 2.52. The van der Waals surface area contributed by atoms with Gasteiger partial charge in [0.15, 0.2) is 11.3 Å². The summed E-state index contributed by atoms with van der Waals surface area (Å²) in [6.45, 7) is 22.5. The van der Waals surface area contributed by atoms with Crippen LogP contribution in [0.4, 0.5) is 17.1 Å². The van der Waals surface area contributed by atoms with Crippen LogP contribution < -0.4 is 45.0 Å². The molecule has 7 fully saturated rings. The van der Waals surface area contributed by atoms with Gasteiger partial charge < -0.3 is 68.0 Å². The fourth-order valence-electron chi connectivity index (χ4n) is 18.2. The van der Waals surface area contributed by atoms with Gasteiger partial charge in [0.05, 0.1) is 86.7 Å². The number of fused-ring (bicyclic) bond motifs is 3. The number of benzene rings is 8. The molecule has 0 saturated carbocycles. The standard InChI is InChI=1S/C35H33N5O4S.C29H29N5O2.C25H20IN3O4S.C17H26BNO2/c36-24-27-22-26(8-11-34(27)44-29-13-20-43-21-14-29)31-12-15-38-35-32(31)23-33(40(35)45(41,42)30-4-2-1-3-5-30)25-6-9-28(10-7-25)39-18-16-37-17-19-39;30-19-22-17-21(3-6-28(22)36-24-8-15-35-16-9-24)25-7-10-32-29-26(25)18-27(33-29)20-1-4-23(5-2-20)34-13-11-31-12-14-34;26-24-15-22-21(8-11-28-25(22)29(24)34(30,31)20-4-2-1-3-5-20)17-6-7-23(18(14-17)16-27)33-19-9-12-32-13-10-19;1-16(2)17(3,4)21-18(20-16)14-8-10-15(11-9-14)19-12-6-5-7-13-19/h1-12,15,22-23,29,37H,13-14,16-21H2;1-7,10,17-18,24,31H,8-9,11-16H2,(H,32,33);1-8,11,14-15,19H,9-10,12-13H2;8-11H,5-7,12-13H2,1-4H3. The summed E-state index contributed by atoms with van der Waals surface area (Å²) in [5.74, 6) is 1.72. The summed E-state index contributed by atoms with van der Waals surface area (Å²) in [4.78, 5) is 24.6. The first-order valence-corrected chi connectivity index (χ1v) is 50.6. The van der Waals surface area contributed by atoms with Crippen molar-refractivity contribution in [2.75, 3.05) is 120 Å². The highest BCUT2D eigenvalue weighted by atomic mass is 127. The molecule has 26 nitrogen and oxygen atoms in total.